The van der Waals surface area contributed by atoms with Gasteiger partial charge in [-0.05, 0) is 29.3 Å². The van der Waals surface area contributed by atoms with Crippen molar-refractivity contribution in [1.29, 1.82) is 0 Å². The van der Waals surface area contributed by atoms with Crippen LogP contribution in [0.4, 0.5) is 11.6 Å². The maximum Gasteiger partial charge on any atom is 0.146 e. The first kappa shape index (κ1) is 14.8. The number of aromatic nitrogens is 4. The highest BCUT2D eigenvalue weighted by atomic mass is 79.9. The van der Waals surface area contributed by atoms with Crippen molar-refractivity contribution in [3.8, 4) is 0 Å². The third-order valence-electron chi connectivity index (χ3n) is 2.91. The lowest BCUT2D eigenvalue weighted by molar-refractivity contribution is 0.746. The molecule has 0 aliphatic rings. The molecular weight excluding hydrogens is 320 g/mol. The van der Waals surface area contributed by atoms with Gasteiger partial charge in [-0.15, -0.1) is 0 Å². The highest BCUT2D eigenvalue weighted by Gasteiger charge is 2.10. The summed E-state index contributed by atoms with van der Waals surface area (Å²) >= 11 is 3.53. The van der Waals surface area contributed by atoms with Crippen LogP contribution in [-0.2, 0) is 20.0 Å². The summed E-state index contributed by atoms with van der Waals surface area (Å²) in [6.07, 6.45) is 4.51. The number of anilines is 2. The zero-order valence-corrected chi connectivity index (χ0v) is 13.5. The average Bonchev–Trinajstić information content (AvgIpc) is 2.80. The Bertz CT molecular complexity index is 580. The normalized spacial score (nSPS) is 10.6. The Morgan fingerprint density at radius 3 is 2.55 bits per heavy atom. The van der Waals surface area contributed by atoms with Crippen LogP contribution in [0.25, 0.3) is 0 Å². The molecule has 2 aromatic heterocycles. The standard InChI is InChI=1S/C13H19BrN6/c1-4-10-9(7-20(3)19-10)6-16-13-11(14)12(15-5-2)17-8-18-13/h7-8H,4-6H2,1-3H3,(H2,15,16,17,18). The molecule has 0 bridgehead atoms. The first-order chi connectivity index (χ1) is 9.65. The van der Waals surface area contributed by atoms with Crippen molar-refractivity contribution in [1.82, 2.24) is 19.7 Å². The molecule has 0 spiro atoms. The van der Waals surface area contributed by atoms with Gasteiger partial charge in [-0.1, -0.05) is 6.92 Å². The Morgan fingerprint density at radius 2 is 1.90 bits per heavy atom. The van der Waals surface area contributed by atoms with Gasteiger partial charge in [0.05, 0.1) is 5.69 Å². The Morgan fingerprint density at radius 1 is 1.20 bits per heavy atom. The van der Waals surface area contributed by atoms with E-state index in [2.05, 4.69) is 48.6 Å². The Hall–Kier alpha value is -1.63. The zero-order valence-electron chi connectivity index (χ0n) is 11.9. The first-order valence-electron chi connectivity index (χ1n) is 6.65. The summed E-state index contributed by atoms with van der Waals surface area (Å²) in [5, 5.41) is 10.9. The number of hydrogen-bond acceptors (Lipinski definition) is 5. The van der Waals surface area contributed by atoms with Crippen molar-refractivity contribution in [3.05, 3.63) is 28.3 Å². The minimum atomic E-state index is 0.693. The van der Waals surface area contributed by atoms with Gasteiger partial charge in [-0.3, -0.25) is 4.68 Å². The lowest BCUT2D eigenvalue weighted by atomic mass is 10.2. The number of aryl methyl sites for hydroxylation is 2. The third-order valence-corrected chi connectivity index (χ3v) is 3.66. The first-order valence-corrected chi connectivity index (χ1v) is 7.44. The van der Waals surface area contributed by atoms with Crippen LogP contribution in [0.2, 0.25) is 0 Å². The monoisotopic (exact) mass is 338 g/mol. The lowest BCUT2D eigenvalue weighted by Crippen LogP contribution is -2.07. The van der Waals surface area contributed by atoms with Crippen molar-refractivity contribution in [2.75, 3.05) is 17.2 Å². The minimum Gasteiger partial charge on any atom is -0.369 e. The van der Waals surface area contributed by atoms with E-state index < -0.39 is 0 Å². The van der Waals surface area contributed by atoms with Gasteiger partial charge in [-0.2, -0.15) is 5.10 Å². The molecule has 2 N–H and O–H groups in total. The van der Waals surface area contributed by atoms with Crippen LogP contribution in [0.1, 0.15) is 25.1 Å². The van der Waals surface area contributed by atoms with E-state index >= 15 is 0 Å². The lowest BCUT2D eigenvalue weighted by Gasteiger charge is -2.10. The second-order valence-electron chi connectivity index (χ2n) is 4.40. The fraction of sp³-hybridized carbons (Fsp3) is 0.462. The smallest absolute Gasteiger partial charge is 0.146 e. The largest absolute Gasteiger partial charge is 0.369 e. The molecule has 0 saturated carbocycles. The summed E-state index contributed by atoms with van der Waals surface area (Å²) in [6, 6.07) is 0. The van der Waals surface area contributed by atoms with Gasteiger partial charge in [0.15, 0.2) is 0 Å². The predicted octanol–water partition coefficient (Wildman–Crippen LogP) is 2.58. The van der Waals surface area contributed by atoms with E-state index in [9.17, 15) is 0 Å². The number of nitrogens with zero attached hydrogens (tertiary/aromatic N) is 4. The molecule has 108 valence electrons. The molecule has 0 amide bonds. The van der Waals surface area contributed by atoms with E-state index in [1.54, 1.807) is 6.33 Å². The zero-order chi connectivity index (χ0) is 14.5. The Balaban J connectivity index is 2.12. The SMILES string of the molecule is CCNc1ncnc(NCc2cn(C)nc2CC)c1Br. The number of hydrogen-bond donors (Lipinski definition) is 2. The number of nitrogens with one attached hydrogen (secondary N) is 2. The molecular formula is C13H19BrN6. The van der Waals surface area contributed by atoms with Crippen LogP contribution in [0, 0.1) is 0 Å². The Labute approximate surface area is 127 Å². The number of rotatable bonds is 6. The second-order valence-corrected chi connectivity index (χ2v) is 5.19. The molecule has 0 fully saturated rings. The van der Waals surface area contributed by atoms with Crippen molar-refractivity contribution in [2.45, 2.75) is 26.8 Å². The van der Waals surface area contributed by atoms with Crippen molar-refractivity contribution >= 4 is 27.6 Å². The van der Waals surface area contributed by atoms with E-state index in [1.165, 1.54) is 5.56 Å². The van der Waals surface area contributed by atoms with Gasteiger partial charge in [0, 0.05) is 31.9 Å². The molecule has 2 heterocycles. The van der Waals surface area contributed by atoms with Crippen LogP contribution in [0.5, 0.6) is 0 Å². The van der Waals surface area contributed by atoms with E-state index in [1.807, 2.05) is 24.9 Å². The fourth-order valence-electron chi connectivity index (χ4n) is 1.99. The van der Waals surface area contributed by atoms with Gasteiger partial charge in [0.1, 0.15) is 22.4 Å². The van der Waals surface area contributed by atoms with Gasteiger partial charge >= 0.3 is 0 Å². The average molecular weight is 339 g/mol. The summed E-state index contributed by atoms with van der Waals surface area (Å²) in [4.78, 5) is 8.46. The molecule has 0 radical (unpaired) electrons. The maximum atomic E-state index is 4.43. The Kier molecular flexibility index (Phi) is 4.94. The van der Waals surface area contributed by atoms with Crippen LogP contribution in [0.3, 0.4) is 0 Å². The van der Waals surface area contributed by atoms with Crippen molar-refractivity contribution < 1.29 is 0 Å². The summed E-state index contributed by atoms with van der Waals surface area (Å²) in [7, 11) is 1.94. The van der Waals surface area contributed by atoms with Crippen LogP contribution in [-0.4, -0.2) is 26.3 Å². The third kappa shape index (κ3) is 3.27. The predicted molar refractivity (Wildman–Crippen MR) is 83.8 cm³/mol. The van der Waals surface area contributed by atoms with Gasteiger partial charge < -0.3 is 10.6 Å². The highest BCUT2D eigenvalue weighted by molar-refractivity contribution is 9.10. The molecule has 0 saturated heterocycles. The molecule has 2 rings (SSSR count). The molecule has 2 aromatic rings. The fourth-order valence-corrected chi connectivity index (χ4v) is 2.48. The number of halogens is 1. The quantitative estimate of drug-likeness (QED) is 0.847. The molecule has 20 heavy (non-hydrogen) atoms. The van der Waals surface area contributed by atoms with Crippen LogP contribution >= 0.6 is 15.9 Å². The molecule has 0 aromatic carbocycles. The minimum absolute atomic E-state index is 0.693. The van der Waals surface area contributed by atoms with Gasteiger partial charge in [-0.25, -0.2) is 9.97 Å². The summed E-state index contributed by atoms with van der Waals surface area (Å²) in [5.41, 5.74) is 2.29. The van der Waals surface area contributed by atoms with E-state index in [4.69, 9.17) is 0 Å². The molecule has 0 aliphatic heterocycles. The summed E-state index contributed by atoms with van der Waals surface area (Å²) in [5.74, 6) is 1.58. The molecule has 6 nitrogen and oxygen atoms in total. The summed E-state index contributed by atoms with van der Waals surface area (Å²) in [6.45, 7) is 5.65. The van der Waals surface area contributed by atoms with Crippen molar-refractivity contribution in [2.24, 2.45) is 7.05 Å². The highest BCUT2D eigenvalue weighted by Crippen LogP contribution is 2.26. The molecule has 0 aliphatic carbocycles. The van der Waals surface area contributed by atoms with Gasteiger partial charge in [0.2, 0.25) is 0 Å². The maximum absolute atomic E-state index is 4.43. The van der Waals surface area contributed by atoms with E-state index in [0.29, 0.717) is 6.54 Å². The molecule has 0 unspecified atom stereocenters. The molecule has 0 atom stereocenters. The topological polar surface area (TPSA) is 67.7 Å². The van der Waals surface area contributed by atoms with Gasteiger partial charge in [0.25, 0.3) is 0 Å². The second kappa shape index (κ2) is 6.69. The summed E-state index contributed by atoms with van der Waals surface area (Å²) < 4.78 is 2.69. The van der Waals surface area contributed by atoms with Crippen molar-refractivity contribution in [3.63, 3.8) is 0 Å². The van der Waals surface area contributed by atoms with E-state index in [0.717, 1.165) is 34.8 Å². The molecule has 7 heteroatoms. The van der Waals surface area contributed by atoms with Crippen LogP contribution < -0.4 is 10.6 Å². The van der Waals surface area contributed by atoms with Crippen LogP contribution in [0.15, 0.2) is 17.0 Å². The van der Waals surface area contributed by atoms with E-state index in [-0.39, 0.29) is 0 Å².